The van der Waals surface area contributed by atoms with Crippen LogP contribution in [0.4, 0.5) is 10.3 Å². The van der Waals surface area contributed by atoms with Gasteiger partial charge >= 0.3 is 0 Å². The van der Waals surface area contributed by atoms with Crippen LogP contribution in [0.2, 0.25) is 0 Å². The Bertz CT molecular complexity index is 1070. The Labute approximate surface area is 168 Å². The summed E-state index contributed by atoms with van der Waals surface area (Å²) in [5.74, 6) is -0.502. The van der Waals surface area contributed by atoms with Crippen LogP contribution >= 0.6 is 0 Å². The number of benzene rings is 1. The highest BCUT2D eigenvalue weighted by atomic mass is 19.1. The summed E-state index contributed by atoms with van der Waals surface area (Å²) in [6.07, 6.45) is 2.94. The highest BCUT2D eigenvalue weighted by Crippen LogP contribution is 2.34. The van der Waals surface area contributed by atoms with Crippen LogP contribution in [0.3, 0.4) is 0 Å². The van der Waals surface area contributed by atoms with Gasteiger partial charge in [0.1, 0.15) is 5.69 Å². The van der Waals surface area contributed by atoms with Gasteiger partial charge in [0.25, 0.3) is 5.56 Å². The number of nitrogens with zero attached hydrogens (tertiary/aromatic N) is 4. The van der Waals surface area contributed by atoms with Crippen molar-refractivity contribution in [3.05, 3.63) is 76.6 Å². The molecule has 3 heterocycles. The predicted octanol–water partition coefficient (Wildman–Crippen LogP) is 3.17. The van der Waals surface area contributed by atoms with Crippen LogP contribution in [0.5, 0.6) is 0 Å². The third-order valence-corrected chi connectivity index (χ3v) is 5.51. The Balaban J connectivity index is 1.81. The van der Waals surface area contributed by atoms with Gasteiger partial charge in [-0.15, -0.1) is 0 Å². The van der Waals surface area contributed by atoms with Crippen LogP contribution in [0.1, 0.15) is 31.9 Å². The van der Waals surface area contributed by atoms with Crippen LogP contribution in [-0.2, 0) is 6.54 Å². The summed E-state index contributed by atoms with van der Waals surface area (Å²) in [6, 6.07) is 12.6. The number of halogens is 1. The number of rotatable bonds is 4. The zero-order chi connectivity index (χ0) is 20.6. The molecule has 4 rings (SSSR count). The molecule has 1 aliphatic heterocycles. The van der Waals surface area contributed by atoms with E-state index in [-0.39, 0.29) is 17.8 Å². The summed E-state index contributed by atoms with van der Waals surface area (Å²) in [5, 5.41) is 10.8. The molecule has 0 radical (unpaired) electrons. The van der Waals surface area contributed by atoms with Gasteiger partial charge in [-0.3, -0.25) is 14.3 Å². The summed E-state index contributed by atoms with van der Waals surface area (Å²) in [5.41, 5.74) is 0.212. The number of aromatic nitrogens is 3. The summed E-state index contributed by atoms with van der Waals surface area (Å²) in [6.45, 7) is 4.69. The molecule has 0 saturated carbocycles. The number of pyridine rings is 1. The predicted molar refractivity (Wildman–Crippen MR) is 109 cm³/mol. The van der Waals surface area contributed by atoms with Crippen molar-refractivity contribution in [3.63, 3.8) is 0 Å². The molecule has 2 aromatic heterocycles. The van der Waals surface area contributed by atoms with Gasteiger partial charge < -0.3 is 10.0 Å². The summed E-state index contributed by atoms with van der Waals surface area (Å²) in [4.78, 5) is 23.2. The summed E-state index contributed by atoms with van der Waals surface area (Å²) < 4.78 is 16.2. The van der Waals surface area contributed by atoms with Crippen molar-refractivity contribution in [1.29, 1.82) is 0 Å². The molecule has 0 fully saturated rings. The van der Waals surface area contributed by atoms with E-state index in [1.807, 2.05) is 49.1 Å². The minimum Gasteiger partial charge on any atom is -0.387 e. The molecule has 7 heteroatoms. The van der Waals surface area contributed by atoms with Crippen LogP contribution in [-0.4, -0.2) is 31.7 Å². The second kappa shape index (κ2) is 7.40. The second-order valence-corrected chi connectivity index (χ2v) is 7.87. The van der Waals surface area contributed by atoms with Crippen molar-refractivity contribution in [1.82, 2.24) is 14.5 Å². The third kappa shape index (κ3) is 3.53. The van der Waals surface area contributed by atoms with E-state index < -0.39 is 17.5 Å². The minimum absolute atomic E-state index is 0.000510. The van der Waals surface area contributed by atoms with Crippen molar-refractivity contribution in [3.8, 4) is 11.3 Å². The average molecular weight is 394 g/mol. The van der Waals surface area contributed by atoms with Crippen LogP contribution < -0.4 is 10.5 Å². The SMILES string of the molecule is CC1(C)CCn2c(nc(-c3ccncc3)c(F)c2=O)N1C[C@H](O)c1ccccc1. The van der Waals surface area contributed by atoms with Crippen LogP contribution in [0.15, 0.2) is 59.7 Å². The Morgan fingerprint density at radius 3 is 2.55 bits per heavy atom. The maximum absolute atomic E-state index is 14.8. The van der Waals surface area contributed by atoms with Crippen LogP contribution in [0, 0.1) is 5.82 Å². The normalized spacial score (nSPS) is 16.3. The van der Waals surface area contributed by atoms with E-state index in [9.17, 15) is 14.3 Å². The van der Waals surface area contributed by atoms with Crippen molar-refractivity contribution in [2.75, 3.05) is 11.4 Å². The second-order valence-electron chi connectivity index (χ2n) is 7.87. The highest BCUT2D eigenvalue weighted by molar-refractivity contribution is 5.61. The van der Waals surface area contributed by atoms with E-state index in [2.05, 4.69) is 9.97 Å². The first-order chi connectivity index (χ1) is 13.9. The standard InChI is InChI=1S/C22H23FN4O2/c1-22(2)10-13-26-20(29)18(23)19(16-8-11-24-12-9-16)25-21(26)27(22)14-17(28)15-6-4-3-5-7-15/h3-9,11-12,17,28H,10,13-14H2,1-2H3/t17-/m0/s1. The lowest BCUT2D eigenvalue weighted by molar-refractivity contribution is 0.168. The van der Waals surface area contributed by atoms with Gasteiger partial charge in [-0.25, -0.2) is 4.98 Å². The van der Waals surface area contributed by atoms with Gasteiger partial charge in [-0.2, -0.15) is 4.39 Å². The molecular formula is C22H23FN4O2. The van der Waals surface area contributed by atoms with Gasteiger partial charge in [0.15, 0.2) is 0 Å². The molecule has 0 spiro atoms. The van der Waals surface area contributed by atoms with Crippen LogP contribution in [0.25, 0.3) is 11.3 Å². The first-order valence-electron chi connectivity index (χ1n) is 9.60. The van der Waals surface area contributed by atoms with E-state index in [1.165, 1.54) is 17.0 Å². The fraction of sp³-hybridized carbons (Fsp3) is 0.318. The van der Waals surface area contributed by atoms with Crippen molar-refractivity contribution >= 4 is 5.95 Å². The fourth-order valence-electron chi connectivity index (χ4n) is 3.70. The lowest BCUT2D eigenvalue weighted by Crippen LogP contribution is -2.53. The van der Waals surface area contributed by atoms with Gasteiger partial charge in [0, 0.05) is 30.0 Å². The lowest BCUT2D eigenvalue weighted by atomic mass is 9.95. The van der Waals surface area contributed by atoms with E-state index >= 15 is 0 Å². The first-order valence-corrected chi connectivity index (χ1v) is 9.60. The molecule has 1 atom stereocenters. The number of aliphatic hydroxyl groups excluding tert-OH is 1. The molecule has 150 valence electrons. The van der Waals surface area contributed by atoms with E-state index in [0.29, 0.717) is 24.5 Å². The van der Waals surface area contributed by atoms with Crippen molar-refractivity contribution in [2.24, 2.45) is 0 Å². The number of fused-ring (bicyclic) bond motifs is 1. The molecule has 0 unspecified atom stereocenters. The van der Waals surface area contributed by atoms with Gasteiger partial charge in [0.05, 0.1) is 12.6 Å². The number of hydrogen-bond acceptors (Lipinski definition) is 5. The average Bonchev–Trinajstić information content (AvgIpc) is 2.73. The largest absolute Gasteiger partial charge is 0.387 e. The number of hydrogen-bond donors (Lipinski definition) is 1. The first kappa shape index (κ1) is 19.3. The van der Waals surface area contributed by atoms with Gasteiger partial charge in [0.2, 0.25) is 11.8 Å². The maximum atomic E-state index is 14.8. The molecule has 0 saturated heterocycles. The molecule has 0 amide bonds. The zero-order valence-electron chi connectivity index (χ0n) is 16.4. The number of anilines is 1. The van der Waals surface area contributed by atoms with E-state index in [1.54, 1.807) is 12.1 Å². The van der Waals surface area contributed by atoms with Crippen molar-refractivity contribution < 1.29 is 9.50 Å². The Morgan fingerprint density at radius 2 is 1.86 bits per heavy atom. The minimum atomic E-state index is -0.872. The van der Waals surface area contributed by atoms with Gasteiger partial charge in [-0.05, 0) is 38.0 Å². The number of β-amino-alcohol motifs (C(OH)–C–C–N with tert-alkyl or cyclic N) is 1. The molecular weight excluding hydrogens is 371 g/mol. The number of aliphatic hydroxyl groups is 1. The van der Waals surface area contributed by atoms with Gasteiger partial charge in [-0.1, -0.05) is 30.3 Å². The zero-order valence-corrected chi connectivity index (χ0v) is 16.4. The third-order valence-electron chi connectivity index (χ3n) is 5.51. The molecule has 1 N–H and O–H groups in total. The maximum Gasteiger partial charge on any atom is 0.291 e. The van der Waals surface area contributed by atoms with E-state index in [0.717, 1.165) is 5.56 Å². The Kier molecular flexibility index (Phi) is 4.92. The lowest BCUT2D eigenvalue weighted by Gasteiger charge is -2.45. The molecule has 6 nitrogen and oxygen atoms in total. The molecule has 1 aliphatic rings. The molecule has 0 aliphatic carbocycles. The van der Waals surface area contributed by atoms with Crippen molar-refractivity contribution in [2.45, 2.75) is 38.5 Å². The Morgan fingerprint density at radius 1 is 1.17 bits per heavy atom. The quantitative estimate of drug-likeness (QED) is 0.736. The molecule has 0 bridgehead atoms. The Hall–Kier alpha value is -3.06. The molecule has 3 aromatic rings. The fourth-order valence-corrected chi connectivity index (χ4v) is 3.70. The molecule has 1 aromatic carbocycles. The smallest absolute Gasteiger partial charge is 0.291 e. The highest BCUT2D eigenvalue weighted by Gasteiger charge is 2.37. The molecule has 29 heavy (non-hydrogen) atoms. The summed E-state index contributed by atoms with van der Waals surface area (Å²) >= 11 is 0. The van der Waals surface area contributed by atoms with E-state index in [4.69, 9.17) is 0 Å². The topological polar surface area (TPSA) is 71.2 Å². The monoisotopic (exact) mass is 394 g/mol. The summed E-state index contributed by atoms with van der Waals surface area (Å²) in [7, 11) is 0.